The highest BCUT2D eigenvalue weighted by atomic mass is 127. The molecule has 2 aromatic carbocycles. The van der Waals surface area contributed by atoms with E-state index in [-0.39, 0.29) is 24.0 Å². The Morgan fingerprint density at radius 2 is 0.968 bits per heavy atom. The second-order valence-electron chi connectivity index (χ2n) is 6.01. The van der Waals surface area contributed by atoms with Crippen molar-refractivity contribution in [3.05, 3.63) is 66.8 Å². The molecule has 31 heavy (non-hydrogen) atoms. The van der Waals surface area contributed by atoms with Crippen LogP contribution in [0.25, 0.3) is 0 Å². The van der Waals surface area contributed by atoms with Crippen LogP contribution < -0.4 is 22.9 Å². The maximum absolute atomic E-state index is 8.74. The quantitative estimate of drug-likeness (QED) is 0.123. The monoisotopic (exact) mass is 676 g/mol. The number of guanidine groups is 2. The number of nitrogens with zero attached hydrogens (tertiary/aromatic N) is 2. The zero-order valence-corrected chi connectivity index (χ0v) is 22.0. The largest absolute Gasteiger partial charge is 0.394 e. The van der Waals surface area contributed by atoms with Crippen molar-refractivity contribution in [2.75, 3.05) is 0 Å². The molecule has 0 saturated heterocycles. The van der Waals surface area contributed by atoms with E-state index in [9.17, 15) is 0 Å². The van der Waals surface area contributed by atoms with Crippen LogP contribution in [0.5, 0.6) is 0 Å². The molecule has 0 radical (unpaired) electrons. The first kappa shape index (κ1) is 29.3. The molecule has 0 aliphatic rings. The molecule has 0 amide bonds. The number of nitrogens with two attached hydrogens (primary N) is 4. The van der Waals surface area contributed by atoms with Gasteiger partial charge in [-0.3, -0.25) is 9.11 Å². The molecule has 2 aromatic rings. The topological polar surface area (TPSA) is 203 Å². The van der Waals surface area contributed by atoms with Crippen LogP contribution in [0.3, 0.4) is 0 Å². The Balaban J connectivity index is 0.000000479. The number of aliphatic imine (C=N–C) groups is 2. The molecule has 0 heterocycles. The molecule has 2 unspecified atom stereocenters. The fraction of sp³-hybridized carbons (Fsp3) is 0.222. The normalized spacial score (nSPS) is 12.1. The van der Waals surface area contributed by atoms with Crippen molar-refractivity contribution >= 4 is 67.5 Å². The number of benzene rings is 2. The summed E-state index contributed by atoms with van der Waals surface area (Å²) < 4.78 is 34.0. The Hall–Kier alpha value is -1.69. The van der Waals surface area contributed by atoms with Crippen LogP contribution in [0.1, 0.15) is 37.1 Å². The van der Waals surface area contributed by atoms with Gasteiger partial charge >= 0.3 is 10.4 Å². The highest BCUT2D eigenvalue weighted by molar-refractivity contribution is 14.1. The molecule has 0 aliphatic carbocycles. The second kappa shape index (κ2) is 14.4. The molecule has 13 heteroatoms. The third-order valence-electron chi connectivity index (χ3n) is 3.39. The summed E-state index contributed by atoms with van der Waals surface area (Å²) in [5, 5.41) is 0. The Bertz CT molecular complexity index is 886. The first-order chi connectivity index (χ1) is 14.2. The van der Waals surface area contributed by atoms with Gasteiger partial charge < -0.3 is 22.9 Å². The van der Waals surface area contributed by atoms with Crippen LogP contribution in [0.15, 0.2) is 58.5 Å². The minimum absolute atomic E-state index is 0.0296. The third-order valence-corrected chi connectivity index (χ3v) is 4.83. The predicted molar refractivity (Wildman–Crippen MR) is 141 cm³/mol. The van der Waals surface area contributed by atoms with Gasteiger partial charge in [0.2, 0.25) is 0 Å². The Labute approximate surface area is 209 Å². The number of rotatable bonds is 4. The lowest BCUT2D eigenvalue weighted by Crippen LogP contribution is -2.23. The highest BCUT2D eigenvalue weighted by Gasteiger charge is 2.03. The van der Waals surface area contributed by atoms with Crippen LogP contribution in [-0.2, 0) is 10.4 Å². The lowest BCUT2D eigenvalue weighted by Gasteiger charge is -2.06. The molecule has 0 saturated carbocycles. The van der Waals surface area contributed by atoms with Crippen molar-refractivity contribution in [1.82, 2.24) is 0 Å². The van der Waals surface area contributed by atoms with E-state index in [1.807, 2.05) is 62.4 Å². The fourth-order valence-corrected chi connectivity index (χ4v) is 2.80. The molecule has 10 N–H and O–H groups in total. The Morgan fingerprint density at radius 3 is 1.16 bits per heavy atom. The Morgan fingerprint density at radius 1 is 0.742 bits per heavy atom. The summed E-state index contributed by atoms with van der Waals surface area (Å²) in [7, 11) is -4.67. The maximum atomic E-state index is 8.74. The number of hydrogen-bond donors (Lipinski definition) is 6. The van der Waals surface area contributed by atoms with E-state index >= 15 is 0 Å². The van der Waals surface area contributed by atoms with E-state index < -0.39 is 10.4 Å². The van der Waals surface area contributed by atoms with E-state index in [2.05, 4.69) is 55.2 Å². The summed E-state index contributed by atoms with van der Waals surface area (Å²) in [6, 6.07) is 16.3. The molecular weight excluding hydrogens is 650 g/mol. The average molecular weight is 676 g/mol. The van der Waals surface area contributed by atoms with Crippen LogP contribution >= 0.6 is 45.2 Å². The SMILES string of the molecule is CC(N=C(N)N)c1ccc(I)cc1.CC(N=C(N)N)c1ccc(I)cc1.O=S(=O)(O)O. The number of halogens is 2. The average Bonchev–Trinajstić information content (AvgIpc) is 2.60. The van der Waals surface area contributed by atoms with Crippen LogP contribution in [0.2, 0.25) is 0 Å². The van der Waals surface area contributed by atoms with E-state index in [0.717, 1.165) is 11.1 Å². The minimum Gasteiger partial charge on any atom is -0.370 e. The van der Waals surface area contributed by atoms with E-state index in [1.54, 1.807) is 0 Å². The van der Waals surface area contributed by atoms with Crippen LogP contribution in [0, 0.1) is 7.14 Å². The van der Waals surface area contributed by atoms with Gasteiger partial charge in [-0.05, 0) is 94.4 Å². The summed E-state index contributed by atoms with van der Waals surface area (Å²) >= 11 is 4.52. The molecule has 0 aliphatic heterocycles. The highest BCUT2D eigenvalue weighted by Crippen LogP contribution is 2.18. The molecule has 10 nitrogen and oxygen atoms in total. The zero-order valence-electron chi connectivity index (χ0n) is 16.9. The first-order valence-electron chi connectivity index (χ1n) is 8.57. The zero-order chi connectivity index (χ0) is 24.2. The Kier molecular flexibility index (Phi) is 13.6. The summed E-state index contributed by atoms with van der Waals surface area (Å²) in [5.74, 6) is 0.261. The molecule has 0 fully saturated rings. The lowest BCUT2D eigenvalue weighted by molar-refractivity contribution is 0.381. The van der Waals surface area contributed by atoms with Crippen molar-refractivity contribution in [3.8, 4) is 0 Å². The fourth-order valence-electron chi connectivity index (χ4n) is 2.08. The van der Waals surface area contributed by atoms with Crippen LogP contribution in [-0.4, -0.2) is 29.4 Å². The van der Waals surface area contributed by atoms with E-state index in [0.29, 0.717) is 0 Å². The summed E-state index contributed by atoms with van der Waals surface area (Å²) in [6.07, 6.45) is 0. The second-order valence-corrected chi connectivity index (χ2v) is 9.40. The minimum atomic E-state index is -4.67. The van der Waals surface area contributed by atoms with Gasteiger partial charge in [-0.25, -0.2) is 9.98 Å². The molecule has 172 valence electrons. The van der Waals surface area contributed by atoms with Gasteiger partial charge in [-0.2, -0.15) is 8.42 Å². The molecule has 0 bridgehead atoms. The van der Waals surface area contributed by atoms with E-state index in [1.165, 1.54) is 7.14 Å². The number of hydrogen-bond acceptors (Lipinski definition) is 4. The van der Waals surface area contributed by atoms with Gasteiger partial charge in [-0.1, -0.05) is 24.3 Å². The van der Waals surface area contributed by atoms with Crippen molar-refractivity contribution < 1.29 is 17.5 Å². The predicted octanol–water partition coefficient (Wildman–Crippen LogP) is 2.60. The maximum Gasteiger partial charge on any atom is 0.394 e. The standard InChI is InChI=1S/2C9H12IN3.H2O4S/c2*1-6(13-9(11)12)7-2-4-8(10)5-3-7;1-5(2,3)4/h2*2-6H,1H3,(H4,11,12,13);(H2,1,2,3,4). The summed E-state index contributed by atoms with van der Waals surface area (Å²) in [4.78, 5) is 8.09. The van der Waals surface area contributed by atoms with Gasteiger partial charge in [0.05, 0.1) is 12.1 Å². The van der Waals surface area contributed by atoms with Crippen molar-refractivity contribution in [3.63, 3.8) is 0 Å². The summed E-state index contributed by atoms with van der Waals surface area (Å²) in [5.41, 5.74) is 23.4. The van der Waals surface area contributed by atoms with Gasteiger partial charge in [0.15, 0.2) is 11.9 Å². The van der Waals surface area contributed by atoms with Gasteiger partial charge in [0.25, 0.3) is 0 Å². The summed E-state index contributed by atoms with van der Waals surface area (Å²) in [6.45, 7) is 3.92. The van der Waals surface area contributed by atoms with Gasteiger partial charge in [0.1, 0.15) is 0 Å². The molecule has 2 atom stereocenters. The molecule has 0 spiro atoms. The van der Waals surface area contributed by atoms with Gasteiger partial charge in [-0.15, -0.1) is 0 Å². The van der Waals surface area contributed by atoms with Crippen LogP contribution in [0.4, 0.5) is 0 Å². The first-order valence-corrected chi connectivity index (χ1v) is 12.1. The smallest absolute Gasteiger partial charge is 0.370 e. The lowest BCUT2D eigenvalue weighted by atomic mass is 10.1. The van der Waals surface area contributed by atoms with Crippen molar-refractivity contribution in [2.45, 2.75) is 25.9 Å². The molecule has 0 aromatic heterocycles. The van der Waals surface area contributed by atoms with E-state index in [4.69, 9.17) is 40.5 Å². The molecule has 2 rings (SSSR count). The van der Waals surface area contributed by atoms with Crippen molar-refractivity contribution in [2.24, 2.45) is 32.9 Å². The molecular formula is C18H26I2N6O4S. The van der Waals surface area contributed by atoms with Crippen molar-refractivity contribution in [1.29, 1.82) is 0 Å². The van der Waals surface area contributed by atoms with Gasteiger partial charge in [0, 0.05) is 7.14 Å². The third kappa shape index (κ3) is 16.6.